The summed E-state index contributed by atoms with van der Waals surface area (Å²) in [7, 11) is 0. The number of amides is 1. The van der Waals surface area contributed by atoms with Gasteiger partial charge >= 0.3 is 6.01 Å². The number of carbonyl (C=O) groups excluding carboxylic acids is 1. The first-order valence-corrected chi connectivity index (χ1v) is 5.61. The van der Waals surface area contributed by atoms with Gasteiger partial charge in [-0.3, -0.25) is 10.2 Å². The summed E-state index contributed by atoms with van der Waals surface area (Å²) in [5.41, 5.74) is 7.23. The SMILES string of the molecule is CCOc1nc(NN)nc(NCCOCC(N)=O)n1. The molecule has 0 aliphatic carbocycles. The molecule has 1 aromatic heterocycles. The van der Waals surface area contributed by atoms with E-state index < -0.39 is 5.91 Å². The largest absolute Gasteiger partial charge is 0.464 e. The fraction of sp³-hybridized carbons (Fsp3) is 0.556. The molecule has 1 amide bonds. The van der Waals surface area contributed by atoms with Crippen LogP contribution in [0, 0.1) is 0 Å². The molecule has 0 spiro atoms. The van der Waals surface area contributed by atoms with Crippen LogP contribution in [0.4, 0.5) is 11.9 Å². The van der Waals surface area contributed by atoms with Crippen molar-refractivity contribution < 1.29 is 14.3 Å². The van der Waals surface area contributed by atoms with E-state index >= 15 is 0 Å². The van der Waals surface area contributed by atoms with Gasteiger partial charge < -0.3 is 20.5 Å². The lowest BCUT2D eigenvalue weighted by Crippen LogP contribution is -2.21. The maximum absolute atomic E-state index is 10.4. The quantitative estimate of drug-likeness (QED) is 0.238. The summed E-state index contributed by atoms with van der Waals surface area (Å²) >= 11 is 0. The fourth-order valence-corrected chi connectivity index (χ4v) is 1.10. The van der Waals surface area contributed by atoms with Crippen molar-refractivity contribution in [3.63, 3.8) is 0 Å². The number of nitrogen functional groups attached to an aromatic ring is 1. The van der Waals surface area contributed by atoms with Gasteiger partial charge in [0, 0.05) is 6.54 Å². The molecule has 0 saturated carbocycles. The molecule has 10 heteroatoms. The number of nitrogens with zero attached hydrogens (tertiary/aromatic N) is 3. The van der Waals surface area contributed by atoms with Crippen molar-refractivity contribution in [2.45, 2.75) is 6.92 Å². The van der Waals surface area contributed by atoms with Crippen molar-refractivity contribution in [2.24, 2.45) is 11.6 Å². The molecule has 0 saturated heterocycles. The second kappa shape index (κ2) is 8.00. The van der Waals surface area contributed by atoms with Gasteiger partial charge in [-0.1, -0.05) is 0 Å². The van der Waals surface area contributed by atoms with Crippen LogP contribution in [0.5, 0.6) is 6.01 Å². The molecule has 0 atom stereocenters. The van der Waals surface area contributed by atoms with Gasteiger partial charge in [0.15, 0.2) is 0 Å². The Bertz CT molecular complexity index is 415. The highest BCUT2D eigenvalue weighted by molar-refractivity contribution is 5.74. The van der Waals surface area contributed by atoms with Gasteiger partial charge in [0.1, 0.15) is 6.61 Å². The average Bonchev–Trinajstić information content (AvgIpc) is 2.38. The lowest BCUT2D eigenvalue weighted by atomic mass is 10.6. The summed E-state index contributed by atoms with van der Waals surface area (Å²) in [4.78, 5) is 22.3. The number of hydrazine groups is 1. The van der Waals surface area contributed by atoms with E-state index in [1.165, 1.54) is 0 Å². The van der Waals surface area contributed by atoms with Gasteiger partial charge in [-0.25, -0.2) is 5.84 Å². The summed E-state index contributed by atoms with van der Waals surface area (Å²) in [6.07, 6.45) is 0. The Kier molecular flexibility index (Phi) is 6.26. The second-order valence-electron chi connectivity index (χ2n) is 3.29. The normalized spacial score (nSPS) is 10.0. The number of hydrogen-bond donors (Lipinski definition) is 4. The third kappa shape index (κ3) is 5.79. The molecule has 0 unspecified atom stereocenters. The third-order valence-electron chi connectivity index (χ3n) is 1.79. The number of carbonyl (C=O) groups is 1. The maximum atomic E-state index is 10.4. The minimum absolute atomic E-state index is 0.126. The molecular formula is C9H17N7O3. The van der Waals surface area contributed by atoms with Crippen molar-refractivity contribution in [1.82, 2.24) is 15.0 Å². The van der Waals surface area contributed by atoms with Crippen LogP contribution >= 0.6 is 0 Å². The van der Waals surface area contributed by atoms with Gasteiger partial charge in [-0.15, -0.1) is 0 Å². The Morgan fingerprint density at radius 3 is 2.68 bits per heavy atom. The van der Waals surface area contributed by atoms with E-state index in [4.69, 9.17) is 21.1 Å². The van der Waals surface area contributed by atoms with Crippen molar-refractivity contribution in [2.75, 3.05) is 37.1 Å². The first-order valence-electron chi connectivity index (χ1n) is 5.61. The lowest BCUT2D eigenvalue weighted by molar-refractivity contribution is -0.122. The van der Waals surface area contributed by atoms with Crippen molar-refractivity contribution >= 4 is 17.8 Å². The second-order valence-corrected chi connectivity index (χ2v) is 3.29. The van der Waals surface area contributed by atoms with Crippen molar-refractivity contribution in [3.05, 3.63) is 0 Å². The van der Waals surface area contributed by atoms with E-state index in [2.05, 4.69) is 25.7 Å². The van der Waals surface area contributed by atoms with E-state index in [9.17, 15) is 4.79 Å². The first-order chi connectivity index (χ1) is 9.15. The summed E-state index contributed by atoms with van der Waals surface area (Å²) in [6, 6.07) is 0.158. The highest BCUT2D eigenvalue weighted by Gasteiger charge is 2.05. The highest BCUT2D eigenvalue weighted by atomic mass is 16.5. The summed E-state index contributed by atoms with van der Waals surface area (Å²) < 4.78 is 10.1. The van der Waals surface area contributed by atoms with Crippen molar-refractivity contribution in [3.8, 4) is 6.01 Å². The molecule has 19 heavy (non-hydrogen) atoms. The Balaban J connectivity index is 2.47. The highest BCUT2D eigenvalue weighted by Crippen LogP contribution is 2.09. The van der Waals surface area contributed by atoms with Crippen LogP contribution in [0.15, 0.2) is 0 Å². The van der Waals surface area contributed by atoms with E-state index in [0.717, 1.165) is 0 Å². The monoisotopic (exact) mass is 271 g/mol. The van der Waals surface area contributed by atoms with Crippen LogP contribution < -0.4 is 27.1 Å². The third-order valence-corrected chi connectivity index (χ3v) is 1.79. The van der Waals surface area contributed by atoms with E-state index in [1.54, 1.807) is 0 Å². The molecule has 0 aliphatic rings. The number of aromatic nitrogens is 3. The number of rotatable bonds is 9. The number of primary amides is 1. The Labute approximate surface area is 109 Å². The average molecular weight is 271 g/mol. The number of ether oxygens (including phenoxy) is 2. The summed E-state index contributed by atoms with van der Waals surface area (Å²) in [5, 5.41) is 2.88. The predicted octanol–water partition coefficient (Wildman–Crippen LogP) is -1.53. The first kappa shape index (κ1) is 14.9. The lowest BCUT2D eigenvalue weighted by Gasteiger charge is -2.08. The van der Waals surface area contributed by atoms with Crippen LogP contribution in [0.25, 0.3) is 0 Å². The fourth-order valence-electron chi connectivity index (χ4n) is 1.10. The van der Waals surface area contributed by atoms with E-state index in [-0.39, 0.29) is 31.1 Å². The van der Waals surface area contributed by atoms with Gasteiger partial charge in [0.25, 0.3) is 0 Å². The molecule has 0 bridgehead atoms. The minimum Gasteiger partial charge on any atom is -0.464 e. The van der Waals surface area contributed by atoms with Crippen LogP contribution in [0.2, 0.25) is 0 Å². The Hall–Kier alpha value is -2.20. The molecule has 0 fully saturated rings. The minimum atomic E-state index is -0.520. The molecular weight excluding hydrogens is 254 g/mol. The van der Waals surface area contributed by atoms with Gasteiger partial charge in [-0.05, 0) is 6.92 Å². The summed E-state index contributed by atoms with van der Waals surface area (Å²) in [5.74, 6) is 5.18. The molecule has 0 aromatic carbocycles. The van der Waals surface area contributed by atoms with E-state index in [0.29, 0.717) is 13.2 Å². The van der Waals surface area contributed by atoms with Gasteiger partial charge in [0.2, 0.25) is 17.8 Å². The topological polar surface area (TPSA) is 150 Å². The van der Waals surface area contributed by atoms with Crippen LogP contribution in [-0.2, 0) is 9.53 Å². The molecule has 1 heterocycles. The molecule has 0 aliphatic heterocycles. The number of hydrogen-bond acceptors (Lipinski definition) is 9. The summed E-state index contributed by atoms with van der Waals surface area (Å²) in [6.45, 7) is 2.79. The number of nitrogens with two attached hydrogens (primary N) is 2. The molecule has 106 valence electrons. The molecule has 0 radical (unpaired) electrons. The Morgan fingerprint density at radius 1 is 1.32 bits per heavy atom. The molecule has 1 rings (SSSR count). The zero-order chi connectivity index (χ0) is 14.1. The standard InChI is InChI=1S/C9H17N7O3/c1-2-19-9-14-7(13-8(15-9)16-11)12-3-4-18-5-6(10)17/h2-5,11H2,1H3,(H2,10,17)(H2,12,13,14,15,16). The molecule has 10 nitrogen and oxygen atoms in total. The number of nitrogens with one attached hydrogen (secondary N) is 2. The van der Waals surface area contributed by atoms with Crippen LogP contribution in [-0.4, -0.2) is 47.2 Å². The zero-order valence-corrected chi connectivity index (χ0v) is 10.5. The predicted molar refractivity (Wildman–Crippen MR) is 67.3 cm³/mol. The smallest absolute Gasteiger partial charge is 0.323 e. The zero-order valence-electron chi connectivity index (χ0n) is 10.5. The molecule has 1 aromatic rings. The van der Waals surface area contributed by atoms with Crippen LogP contribution in [0.3, 0.4) is 0 Å². The van der Waals surface area contributed by atoms with Gasteiger partial charge in [-0.2, -0.15) is 15.0 Å². The molecule has 6 N–H and O–H groups in total. The van der Waals surface area contributed by atoms with Gasteiger partial charge in [0.05, 0.1) is 13.2 Å². The maximum Gasteiger partial charge on any atom is 0.323 e. The van der Waals surface area contributed by atoms with Crippen LogP contribution in [0.1, 0.15) is 6.92 Å². The van der Waals surface area contributed by atoms with E-state index in [1.807, 2.05) is 6.92 Å². The van der Waals surface area contributed by atoms with Crippen molar-refractivity contribution in [1.29, 1.82) is 0 Å². The number of anilines is 2. The Morgan fingerprint density at radius 2 is 2.05 bits per heavy atom.